The monoisotopic (exact) mass is 294 g/mol. The van der Waals surface area contributed by atoms with Gasteiger partial charge < -0.3 is 14.5 Å². The van der Waals surface area contributed by atoms with Crippen molar-refractivity contribution >= 4 is 6.09 Å². The number of hydrogen-bond donors (Lipinski definition) is 1. The molecule has 7 heteroatoms. The molecule has 116 valence electrons. The molecular weight excluding hydrogens is 272 g/mol. The Kier molecular flexibility index (Phi) is 3.61. The second-order valence-corrected chi connectivity index (χ2v) is 6.27. The average molecular weight is 294 g/mol. The minimum Gasteiger partial charge on any atom is -0.465 e. The van der Waals surface area contributed by atoms with E-state index in [1.54, 1.807) is 0 Å². The lowest BCUT2D eigenvalue weighted by atomic mass is 10.1. The summed E-state index contributed by atoms with van der Waals surface area (Å²) in [5.74, 6) is 1.94. The van der Waals surface area contributed by atoms with Gasteiger partial charge in [0.25, 0.3) is 0 Å². The van der Waals surface area contributed by atoms with E-state index in [-0.39, 0.29) is 18.1 Å². The summed E-state index contributed by atoms with van der Waals surface area (Å²) < 4.78 is 5.41. The lowest BCUT2D eigenvalue weighted by Gasteiger charge is -2.44. The van der Waals surface area contributed by atoms with Gasteiger partial charge in [0.2, 0.25) is 5.89 Å². The van der Waals surface area contributed by atoms with Gasteiger partial charge in [-0.1, -0.05) is 5.16 Å². The third-order valence-electron chi connectivity index (χ3n) is 4.53. The topological polar surface area (TPSA) is 82.7 Å². The Morgan fingerprint density at radius 2 is 2.05 bits per heavy atom. The van der Waals surface area contributed by atoms with E-state index in [1.807, 2.05) is 20.8 Å². The van der Waals surface area contributed by atoms with Crippen molar-refractivity contribution in [3.8, 4) is 0 Å². The van der Waals surface area contributed by atoms with Gasteiger partial charge in [-0.3, -0.25) is 4.90 Å². The van der Waals surface area contributed by atoms with E-state index in [9.17, 15) is 9.90 Å². The molecule has 1 aromatic heterocycles. The Hall–Kier alpha value is -1.63. The zero-order valence-corrected chi connectivity index (χ0v) is 12.7. The molecular formula is C14H22N4O3. The Bertz CT molecular complexity index is 528. The fourth-order valence-electron chi connectivity index (χ4n) is 3.03. The Morgan fingerprint density at radius 1 is 1.33 bits per heavy atom. The summed E-state index contributed by atoms with van der Waals surface area (Å²) in [7, 11) is 0. The zero-order chi connectivity index (χ0) is 15.1. The first-order chi connectivity index (χ1) is 9.97. The molecule has 3 atom stereocenters. The van der Waals surface area contributed by atoms with Crippen molar-refractivity contribution in [1.82, 2.24) is 19.9 Å². The van der Waals surface area contributed by atoms with Crippen LogP contribution in [0, 0.1) is 0 Å². The van der Waals surface area contributed by atoms with Crippen molar-refractivity contribution in [2.24, 2.45) is 0 Å². The van der Waals surface area contributed by atoms with Crippen molar-refractivity contribution < 1.29 is 14.4 Å². The first-order valence-corrected chi connectivity index (χ1v) is 7.56. The van der Waals surface area contributed by atoms with Gasteiger partial charge in [-0.2, -0.15) is 4.98 Å². The van der Waals surface area contributed by atoms with Crippen molar-refractivity contribution in [1.29, 1.82) is 0 Å². The van der Waals surface area contributed by atoms with E-state index in [2.05, 4.69) is 15.0 Å². The van der Waals surface area contributed by atoms with Gasteiger partial charge in [-0.25, -0.2) is 4.79 Å². The number of aromatic nitrogens is 2. The molecule has 2 aliphatic rings. The lowest BCUT2D eigenvalue weighted by Crippen LogP contribution is -2.58. The normalized spacial score (nSPS) is 28.6. The first-order valence-electron chi connectivity index (χ1n) is 7.56. The molecule has 0 radical (unpaired) electrons. The number of carboxylic acid groups (broad SMARTS) is 1. The minimum atomic E-state index is -0.851. The maximum Gasteiger partial charge on any atom is 0.407 e. The van der Waals surface area contributed by atoms with Crippen molar-refractivity contribution in [2.45, 2.75) is 57.7 Å². The van der Waals surface area contributed by atoms with Crippen LogP contribution in [0.4, 0.5) is 4.79 Å². The molecule has 1 aliphatic carbocycles. The molecule has 1 saturated heterocycles. The molecule has 2 fully saturated rings. The van der Waals surface area contributed by atoms with E-state index >= 15 is 0 Å². The number of nitrogens with zero attached hydrogens (tertiary/aromatic N) is 4. The molecule has 1 N–H and O–H groups in total. The molecule has 3 rings (SSSR count). The molecule has 2 heterocycles. The highest BCUT2D eigenvalue weighted by atomic mass is 16.5. The highest BCUT2D eigenvalue weighted by Gasteiger charge is 2.37. The molecule has 1 amide bonds. The van der Waals surface area contributed by atoms with Crippen LogP contribution in [0.3, 0.4) is 0 Å². The van der Waals surface area contributed by atoms with Crippen LogP contribution in [-0.2, 0) is 0 Å². The molecule has 1 aromatic rings. The van der Waals surface area contributed by atoms with Gasteiger partial charge >= 0.3 is 6.09 Å². The first kappa shape index (κ1) is 14.3. The second-order valence-electron chi connectivity index (χ2n) is 6.27. The summed E-state index contributed by atoms with van der Waals surface area (Å²) >= 11 is 0. The molecule has 1 aliphatic heterocycles. The highest BCUT2D eigenvalue weighted by molar-refractivity contribution is 5.65. The van der Waals surface area contributed by atoms with Crippen LogP contribution in [-0.4, -0.2) is 56.3 Å². The SMILES string of the molecule is CC1CN(C(C)c2nc(C3CC3)no2)C(C)CN1C(=O)O. The summed E-state index contributed by atoms with van der Waals surface area (Å²) in [6.07, 6.45) is 1.45. The number of rotatable bonds is 3. The van der Waals surface area contributed by atoms with Crippen LogP contribution < -0.4 is 0 Å². The van der Waals surface area contributed by atoms with Crippen LogP contribution in [0.5, 0.6) is 0 Å². The van der Waals surface area contributed by atoms with Gasteiger partial charge in [0.15, 0.2) is 5.82 Å². The third kappa shape index (κ3) is 2.74. The van der Waals surface area contributed by atoms with E-state index in [0.29, 0.717) is 24.9 Å². The standard InChI is InChI=1S/C14H22N4O3/c1-8-7-18(14(19)20)9(2)6-17(8)10(3)13-15-12(16-21-13)11-4-5-11/h8-11H,4-7H2,1-3H3,(H,19,20). The molecule has 7 nitrogen and oxygen atoms in total. The van der Waals surface area contributed by atoms with Gasteiger partial charge in [0.1, 0.15) is 0 Å². The van der Waals surface area contributed by atoms with Gasteiger partial charge in [0, 0.05) is 31.1 Å². The summed E-state index contributed by atoms with van der Waals surface area (Å²) in [4.78, 5) is 19.5. The quantitative estimate of drug-likeness (QED) is 0.919. The molecule has 21 heavy (non-hydrogen) atoms. The van der Waals surface area contributed by atoms with Gasteiger partial charge in [-0.15, -0.1) is 0 Å². The van der Waals surface area contributed by atoms with Crippen LogP contribution in [0.15, 0.2) is 4.52 Å². The van der Waals surface area contributed by atoms with Gasteiger partial charge in [0.05, 0.1) is 6.04 Å². The Balaban J connectivity index is 1.71. The predicted molar refractivity (Wildman–Crippen MR) is 75.0 cm³/mol. The Morgan fingerprint density at radius 3 is 2.67 bits per heavy atom. The summed E-state index contributed by atoms with van der Waals surface area (Å²) in [5.41, 5.74) is 0. The molecule has 0 aromatic carbocycles. The zero-order valence-electron chi connectivity index (χ0n) is 12.7. The molecule has 3 unspecified atom stereocenters. The van der Waals surface area contributed by atoms with Crippen LogP contribution >= 0.6 is 0 Å². The minimum absolute atomic E-state index is 0.0124. The Labute approximate surface area is 123 Å². The summed E-state index contributed by atoms with van der Waals surface area (Å²) in [6, 6.07) is 0.106. The fourth-order valence-corrected chi connectivity index (χ4v) is 3.03. The van der Waals surface area contributed by atoms with Crippen LogP contribution in [0.1, 0.15) is 57.3 Å². The second kappa shape index (κ2) is 5.29. The van der Waals surface area contributed by atoms with Crippen molar-refractivity contribution in [3.05, 3.63) is 11.7 Å². The van der Waals surface area contributed by atoms with E-state index in [4.69, 9.17) is 4.52 Å². The number of piperazine rings is 1. The van der Waals surface area contributed by atoms with Gasteiger partial charge in [-0.05, 0) is 33.6 Å². The molecule has 1 saturated carbocycles. The van der Waals surface area contributed by atoms with Crippen molar-refractivity contribution in [3.63, 3.8) is 0 Å². The maximum atomic E-state index is 11.2. The largest absolute Gasteiger partial charge is 0.465 e. The third-order valence-corrected chi connectivity index (χ3v) is 4.53. The maximum absolute atomic E-state index is 11.2. The van der Waals surface area contributed by atoms with Crippen molar-refractivity contribution in [2.75, 3.05) is 13.1 Å². The smallest absolute Gasteiger partial charge is 0.407 e. The number of carbonyl (C=O) groups is 1. The number of hydrogen-bond acceptors (Lipinski definition) is 5. The van der Waals surface area contributed by atoms with E-state index in [0.717, 1.165) is 18.7 Å². The molecule has 0 spiro atoms. The predicted octanol–water partition coefficient (Wildman–Crippen LogP) is 2.08. The summed E-state index contributed by atoms with van der Waals surface area (Å²) in [5, 5.41) is 13.3. The highest BCUT2D eigenvalue weighted by Crippen LogP contribution is 2.39. The average Bonchev–Trinajstić information content (AvgIpc) is 3.17. The fraction of sp³-hybridized carbons (Fsp3) is 0.786. The number of amides is 1. The van der Waals surface area contributed by atoms with E-state index < -0.39 is 6.09 Å². The lowest BCUT2D eigenvalue weighted by molar-refractivity contribution is 0.0157. The van der Waals surface area contributed by atoms with Crippen LogP contribution in [0.2, 0.25) is 0 Å². The molecule has 0 bridgehead atoms. The summed E-state index contributed by atoms with van der Waals surface area (Å²) in [6.45, 7) is 7.20. The van der Waals surface area contributed by atoms with Crippen LogP contribution in [0.25, 0.3) is 0 Å². The van der Waals surface area contributed by atoms with E-state index in [1.165, 1.54) is 4.90 Å².